The maximum Gasteiger partial charge on any atom is 0.389 e. The molecule has 0 unspecified atom stereocenters. The number of hydrogen-bond donors (Lipinski definition) is 1. The quantitative estimate of drug-likeness (QED) is 0.791. The summed E-state index contributed by atoms with van der Waals surface area (Å²) in [5.74, 6) is 0. The topological polar surface area (TPSA) is 12.0 Å². The summed E-state index contributed by atoms with van der Waals surface area (Å²) in [5.41, 5.74) is 2.10. The summed E-state index contributed by atoms with van der Waals surface area (Å²) < 4.78 is 35.6. The number of benzene rings is 1. The number of nitrogens with one attached hydrogen (secondary N) is 1. The molecule has 0 aliphatic rings. The summed E-state index contributed by atoms with van der Waals surface area (Å²) >= 11 is 5.81. The Kier molecular flexibility index (Phi) is 5.28. The Morgan fingerprint density at radius 2 is 2.00 bits per heavy atom. The summed E-state index contributed by atoms with van der Waals surface area (Å²) in [4.78, 5) is 0. The van der Waals surface area contributed by atoms with Crippen molar-refractivity contribution in [3.63, 3.8) is 0 Å². The molecule has 0 radical (unpaired) electrons. The largest absolute Gasteiger partial charge is 0.389 e. The van der Waals surface area contributed by atoms with E-state index in [1.54, 1.807) is 6.07 Å². The Bertz CT molecular complexity index is 363. The second-order valence-electron chi connectivity index (χ2n) is 3.97. The molecule has 0 aromatic heterocycles. The van der Waals surface area contributed by atoms with Crippen LogP contribution < -0.4 is 5.32 Å². The first-order valence-corrected chi connectivity index (χ1v) is 5.79. The van der Waals surface area contributed by atoms with Crippen LogP contribution in [0.1, 0.15) is 24.0 Å². The van der Waals surface area contributed by atoms with Gasteiger partial charge in [-0.3, -0.25) is 0 Å². The lowest BCUT2D eigenvalue weighted by Crippen LogP contribution is -2.18. The van der Waals surface area contributed by atoms with E-state index in [1.165, 1.54) is 0 Å². The van der Waals surface area contributed by atoms with Crippen molar-refractivity contribution < 1.29 is 13.2 Å². The molecule has 0 atom stereocenters. The average molecular weight is 266 g/mol. The molecule has 1 N–H and O–H groups in total. The van der Waals surface area contributed by atoms with Gasteiger partial charge < -0.3 is 5.32 Å². The minimum absolute atomic E-state index is 0.107. The normalized spacial score (nSPS) is 11.8. The van der Waals surface area contributed by atoms with Crippen LogP contribution >= 0.6 is 11.6 Å². The fraction of sp³-hybridized carbons (Fsp3) is 0.500. The number of halogens is 4. The van der Waals surface area contributed by atoms with E-state index in [4.69, 9.17) is 11.6 Å². The lowest BCUT2D eigenvalue weighted by atomic mass is 10.1. The molecule has 1 aromatic rings. The van der Waals surface area contributed by atoms with Crippen molar-refractivity contribution in [3.8, 4) is 0 Å². The first-order valence-electron chi connectivity index (χ1n) is 5.41. The maximum absolute atomic E-state index is 11.9. The van der Waals surface area contributed by atoms with Crippen molar-refractivity contribution in [2.45, 2.75) is 32.5 Å². The SMILES string of the molecule is Cc1cc(Cl)ccc1CNCCCC(F)(F)F. The van der Waals surface area contributed by atoms with E-state index in [2.05, 4.69) is 5.32 Å². The Morgan fingerprint density at radius 1 is 1.29 bits per heavy atom. The molecule has 0 amide bonds. The van der Waals surface area contributed by atoms with E-state index in [1.807, 2.05) is 19.1 Å². The van der Waals surface area contributed by atoms with Crippen LogP contribution in [0.15, 0.2) is 18.2 Å². The van der Waals surface area contributed by atoms with Gasteiger partial charge in [0.25, 0.3) is 0 Å². The zero-order chi connectivity index (χ0) is 12.9. The summed E-state index contributed by atoms with van der Waals surface area (Å²) in [5, 5.41) is 3.66. The Morgan fingerprint density at radius 3 is 2.59 bits per heavy atom. The van der Waals surface area contributed by atoms with Gasteiger partial charge in [-0.05, 0) is 43.1 Å². The standard InChI is InChI=1S/C12H15ClF3N/c1-9-7-11(13)4-3-10(9)8-17-6-2-5-12(14,15)16/h3-4,7,17H,2,5-6,8H2,1H3. The highest BCUT2D eigenvalue weighted by molar-refractivity contribution is 6.30. The third-order valence-electron chi connectivity index (χ3n) is 2.43. The molecule has 0 saturated carbocycles. The van der Waals surface area contributed by atoms with Gasteiger partial charge in [-0.25, -0.2) is 0 Å². The number of aryl methyl sites for hydroxylation is 1. The molecule has 0 spiro atoms. The van der Waals surface area contributed by atoms with E-state index >= 15 is 0 Å². The van der Waals surface area contributed by atoms with Crippen molar-refractivity contribution in [1.82, 2.24) is 5.32 Å². The van der Waals surface area contributed by atoms with E-state index in [9.17, 15) is 13.2 Å². The molecule has 96 valence electrons. The zero-order valence-electron chi connectivity index (χ0n) is 9.57. The predicted molar refractivity (Wildman–Crippen MR) is 63.2 cm³/mol. The van der Waals surface area contributed by atoms with Crippen LogP contribution in [0.25, 0.3) is 0 Å². The van der Waals surface area contributed by atoms with Crippen LogP contribution in [-0.4, -0.2) is 12.7 Å². The molecular formula is C12H15ClF3N. The van der Waals surface area contributed by atoms with Crippen molar-refractivity contribution in [1.29, 1.82) is 0 Å². The van der Waals surface area contributed by atoms with E-state index in [-0.39, 0.29) is 6.42 Å². The van der Waals surface area contributed by atoms with Crippen molar-refractivity contribution >= 4 is 11.6 Å². The molecule has 1 rings (SSSR count). The second-order valence-corrected chi connectivity index (χ2v) is 4.40. The molecule has 1 nitrogen and oxygen atoms in total. The molecule has 1 aromatic carbocycles. The molecule has 0 fully saturated rings. The Labute approximate surface area is 104 Å². The van der Waals surface area contributed by atoms with Crippen molar-refractivity contribution in [2.75, 3.05) is 6.54 Å². The summed E-state index contributed by atoms with van der Waals surface area (Å²) in [6.07, 6.45) is -4.69. The molecule has 0 saturated heterocycles. The second kappa shape index (κ2) is 6.26. The summed E-state index contributed by atoms with van der Waals surface area (Å²) in [6.45, 7) is 2.86. The summed E-state index contributed by atoms with van der Waals surface area (Å²) in [6, 6.07) is 5.50. The van der Waals surface area contributed by atoms with Gasteiger partial charge in [-0.2, -0.15) is 13.2 Å². The van der Waals surface area contributed by atoms with Crippen LogP contribution in [0.4, 0.5) is 13.2 Å². The monoisotopic (exact) mass is 265 g/mol. The predicted octanol–water partition coefficient (Wildman–Crippen LogP) is 4.08. The fourth-order valence-corrected chi connectivity index (χ4v) is 1.72. The first-order chi connectivity index (χ1) is 7.88. The first kappa shape index (κ1) is 14.3. The Hall–Kier alpha value is -0.740. The van der Waals surface area contributed by atoms with Gasteiger partial charge in [0.1, 0.15) is 0 Å². The lowest BCUT2D eigenvalue weighted by molar-refractivity contribution is -0.135. The van der Waals surface area contributed by atoms with Crippen LogP contribution in [0.5, 0.6) is 0 Å². The maximum atomic E-state index is 11.9. The van der Waals surface area contributed by atoms with Crippen LogP contribution in [0.3, 0.4) is 0 Å². The fourth-order valence-electron chi connectivity index (χ4n) is 1.49. The highest BCUT2D eigenvalue weighted by Crippen LogP contribution is 2.20. The van der Waals surface area contributed by atoms with Gasteiger partial charge in [-0.15, -0.1) is 0 Å². The molecule has 17 heavy (non-hydrogen) atoms. The number of rotatable bonds is 5. The van der Waals surface area contributed by atoms with Gasteiger partial charge >= 0.3 is 6.18 Å². The van der Waals surface area contributed by atoms with Gasteiger partial charge in [0.15, 0.2) is 0 Å². The third-order valence-corrected chi connectivity index (χ3v) is 2.67. The third kappa shape index (κ3) is 5.94. The highest BCUT2D eigenvalue weighted by atomic mass is 35.5. The molecular weight excluding hydrogens is 251 g/mol. The van der Waals surface area contributed by atoms with Gasteiger partial charge in [0, 0.05) is 18.0 Å². The van der Waals surface area contributed by atoms with Crippen LogP contribution in [0, 0.1) is 6.92 Å². The van der Waals surface area contributed by atoms with Crippen molar-refractivity contribution in [2.24, 2.45) is 0 Å². The zero-order valence-corrected chi connectivity index (χ0v) is 10.3. The molecule has 0 bridgehead atoms. The van der Waals surface area contributed by atoms with Crippen molar-refractivity contribution in [3.05, 3.63) is 34.3 Å². The molecule has 0 aliphatic heterocycles. The van der Waals surface area contributed by atoms with Crippen LogP contribution in [-0.2, 0) is 6.54 Å². The minimum Gasteiger partial charge on any atom is -0.313 e. The minimum atomic E-state index is -4.06. The average Bonchev–Trinajstić information content (AvgIpc) is 2.18. The molecule has 0 heterocycles. The highest BCUT2D eigenvalue weighted by Gasteiger charge is 2.25. The summed E-state index contributed by atoms with van der Waals surface area (Å²) in [7, 11) is 0. The molecule has 5 heteroatoms. The Balaban J connectivity index is 2.27. The van der Waals surface area contributed by atoms with E-state index in [0.29, 0.717) is 18.1 Å². The number of hydrogen-bond acceptors (Lipinski definition) is 1. The lowest BCUT2D eigenvalue weighted by Gasteiger charge is -2.09. The van der Waals surface area contributed by atoms with Gasteiger partial charge in [0.2, 0.25) is 0 Å². The molecule has 0 aliphatic carbocycles. The smallest absolute Gasteiger partial charge is 0.313 e. The number of alkyl halides is 3. The van der Waals surface area contributed by atoms with Gasteiger partial charge in [0.05, 0.1) is 0 Å². The van der Waals surface area contributed by atoms with Gasteiger partial charge in [-0.1, -0.05) is 17.7 Å². The van der Waals surface area contributed by atoms with E-state index < -0.39 is 12.6 Å². The van der Waals surface area contributed by atoms with Crippen LogP contribution in [0.2, 0.25) is 5.02 Å². The van der Waals surface area contributed by atoms with E-state index in [0.717, 1.165) is 11.1 Å².